The third kappa shape index (κ3) is 9.51. The number of hydrogen-bond donors (Lipinski definition) is 0. The molecule has 0 rings (SSSR count). The average Bonchev–Trinajstić information content (AvgIpc) is 2.05. The van der Waals surface area contributed by atoms with E-state index in [0.717, 1.165) is 11.3 Å². The highest BCUT2D eigenvalue weighted by atomic mass is 79.9. The monoisotopic (exact) mass is 380 g/mol. The molecule has 0 aromatic rings. The average molecular weight is 382 g/mol. The summed E-state index contributed by atoms with van der Waals surface area (Å²) in [6.07, 6.45) is 2.86. The Bertz CT molecular complexity index is 116. The molecule has 0 fully saturated rings. The maximum Gasteiger partial charge on any atom is -0.0116 e. The zero-order chi connectivity index (χ0) is 10.4. The van der Waals surface area contributed by atoms with Crippen LogP contribution >= 0.6 is 49.8 Å². The fourth-order valence-corrected chi connectivity index (χ4v) is 9.03. The van der Waals surface area contributed by atoms with Crippen LogP contribution in [0.15, 0.2) is 0 Å². The second-order valence-corrected chi connectivity index (χ2v) is 11.0. The van der Waals surface area contributed by atoms with Gasteiger partial charge >= 0.3 is 0 Å². The second kappa shape index (κ2) is 12.3. The van der Waals surface area contributed by atoms with Crippen LogP contribution in [0.4, 0.5) is 0 Å². The first-order valence-electron chi connectivity index (χ1n) is 5.50. The first kappa shape index (κ1) is 22.0. The summed E-state index contributed by atoms with van der Waals surface area (Å²) in [7, 11) is 0.667. The summed E-state index contributed by atoms with van der Waals surface area (Å²) >= 11 is 0. The van der Waals surface area contributed by atoms with Crippen LogP contribution in [0, 0.1) is 0 Å². The molecule has 4 heteroatoms. The molecule has 2 unspecified atom stereocenters. The molecule has 0 aliphatic rings. The van der Waals surface area contributed by atoms with Crippen molar-refractivity contribution in [1.29, 1.82) is 0 Å². The molecule has 0 aromatic heterocycles. The molecule has 0 radical (unpaired) electrons. The topological polar surface area (TPSA) is 0 Å². The van der Waals surface area contributed by atoms with Gasteiger partial charge in [0.15, 0.2) is 0 Å². The van der Waals surface area contributed by atoms with Crippen LogP contribution in [0.2, 0.25) is 0 Å². The minimum Gasteiger partial charge on any atom is -0.114 e. The minimum absolute atomic E-state index is 0. The summed E-state index contributed by atoms with van der Waals surface area (Å²) < 4.78 is 0. The Morgan fingerprint density at radius 2 is 1.00 bits per heavy atom. The Labute approximate surface area is 120 Å². The lowest BCUT2D eigenvalue weighted by Crippen LogP contribution is -2.04. The van der Waals surface area contributed by atoms with Gasteiger partial charge in [0.1, 0.15) is 0 Å². The Morgan fingerprint density at radius 3 is 1.13 bits per heavy atom. The summed E-state index contributed by atoms with van der Waals surface area (Å²) in [5, 5.41) is 0. The lowest BCUT2D eigenvalue weighted by molar-refractivity contribution is 1.07. The Balaban J connectivity index is -0.000000720. The highest BCUT2D eigenvalue weighted by Crippen LogP contribution is 2.55. The maximum absolute atomic E-state index is 2.40. The lowest BCUT2D eigenvalue weighted by Gasteiger charge is -2.28. The molecular weight excluding hydrogens is 354 g/mol. The van der Waals surface area contributed by atoms with E-state index < -0.39 is 0 Å². The largest absolute Gasteiger partial charge is 0.114 e. The summed E-state index contributed by atoms with van der Waals surface area (Å²) in [5.74, 6) is 1.56. The molecule has 0 bridgehead atoms. The third-order valence-electron chi connectivity index (χ3n) is 2.64. The summed E-state index contributed by atoms with van der Waals surface area (Å²) in [6, 6.07) is 0. The van der Waals surface area contributed by atoms with Crippen molar-refractivity contribution in [2.75, 3.05) is 18.2 Å². The molecule has 0 N–H and O–H groups in total. The molecule has 0 amide bonds. The van der Waals surface area contributed by atoms with Crippen LogP contribution in [-0.2, 0) is 0 Å². The maximum atomic E-state index is 2.40. The van der Waals surface area contributed by atoms with Gasteiger partial charge in [0.05, 0.1) is 0 Å². The van der Waals surface area contributed by atoms with Crippen molar-refractivity contribution in [3.8, 4) is 0 Å². The molecule has 2 atom stereocenters. The lowest BCUT2D eigenvalue weighted by atomic mass is 10.6. The van der Waals surface area contributed by atoms with E-state index in [1.54, 1.807) is 5.90 Å². The standard InChI is InChI=1S/C11H26P2.2BrH/c1-7-12(10(3)4)9-13(8-2)11(5)6;;/h10-11H,7-9H2,1-6H3;2*1H. The van der Waals surface area contributed by atoms with Gasteiger partial charge in [-0.25, -0.2) is 0 Å². The van der Waals surface area contributed by atoms with Crippen LogP contribution in [-0.4, -0.2) is 29.5 Å². The third-order valence-corrected chi connectivity index (χ3v) is 10.1. The predicted octanol–water partition coefficient (Wildman–Crippen LogP) is 5.92. The van der Waals surface area contributed by atoms with E-state index in [4.69, 9.17) is 0 Å². The van der Waals surface area contributed by atoms with Crippen LogP contribution in [0.5, 0.6) is 0 Å². The van der Waals surface area contributed by atoms with Crippen molar-refractivity contribution in [2.24, 2.45) is 0 Å². The molecule has 0 nitrogen and oxygen atoms in total. The van der Waals surface area contributed by atoms with Crippen molar-refractivity contribution < 1.29 is 0 Å². The second-order valence-electron chi connectivity index (χ2n) is 4.14. The van der Waals surface area contributed by atoms with Gasteiger partial charge in [0, 0.05) is 0 Å². The van der Waals surface area contributed by atoms with Gasteiger partial charge in [-0.1, -0.05) is 57.4 Å². The summed E-state index contributed by atoms with van der Waals surface area (Å²) in [5.41, 5.74) is 1.88. The van der Waals surface area contributed by atoms with Gasteiger partial charge in [0.2, 0.25) is 0 Å². The van der Waals surface area contributed by atoms with Gasteiger partial charge in [-0.15, -0.1) is 34.0 Å². The molecule has 0 aromatic carbocycles. The van der Waals surface area contributed by atoms with Gasteiger partial charge < -0.3 is 0 Å². The Morgan fingerprint density at radius 1 is 0.733 bits per heavy atom. The molecule has 0 aliphatic carbocycles. The molecule has 0 saturated heterocycles. The van der Waals surface area contributed by atoms with Crippen molar-refractivity contribution >= 4 is 49.8 Å². The van der Waals surface area contributed by atoms with Crippen molar-refractivity contribution in [1.82, 2.24) is 0 Å². The Kier molecular flexibility index (Phi) is 18.0. The number of rotatable bonds is 6. The van der Waals surface area contributed by atoms with Gasteiger partial charge in [-0.3, -0.25) is 0 Å². The van der Waals surface area contributed by atoms with E-state index in [-0.39, 0.29) is 34.0 Å². The molecular formula is C11H28Br2P2. The first-order valence-corrected chi connectivity index (χ1v) is 9.07. The molecule has 15 heavy (non-hydrogen) atoms. The molecule has 0 aliphatic heterocycles. The SMILES string of the molecule is Br.Br.CCP(CP(CC)C(C)C)C(C)C. The van der Waals surface area contributed by atoms with Crippen molar-refractivity contribution in [2.45, 2.75) is 52.9 Å². The van der Waals surface area contributed by atoms with E-state index in [1.165, 1.54) is 12.3 Å². The van der Waals surface area contributed by atoms with Crippen molar-refractivity contribution in [3.63, 3.8) is 0 Å². The molecule has 96 valence electrons. The smallest absolute Gasteiger partial charge is 0.0116 e. The summed E-state index contributed by atoms with van der Waals surface area (Å²) in [6.45, 7) is 14.3. The van der Waals surface area contributed by atoms with E-state index in [0.29, 0.717) is 15.8 Å². The number of halogens is 2. The fraction of sp³-hybridized carbons (Fsp3) is 1.00. The zero-order valence-electron chi connectivity index (χ0n) is 11.0. The van der Waals surface area contributed by atoms with Crippen molar-refractivity contribution in [3.05, 3.63) is 0 Å². The van der Waals surface area contributed by atoms with Crippen LogP contribution in [0.25, 0.3) is 0 Å². The van der Waals surface area contributed by atoms with Gasteiger partial charge in [-0.2, -0.15) is 0 Å². The predicted molar refractivity (Wildman–Crippen MR) is 90.7 cm³/mol. The first-order chi connectivity index (χ1) is 6.02. The quantitative estimate of drug-likeness (QED) is 0.501. The highest BCUT2D eigenvalue weighted by molar-refractivity contribution is 8.93. The molecule has 0 heterocycles. The minimum atomic E-state index is 0. The normalized spacial score (nSPS) is 14.4. The van der Waals surface area contributed by atoms with Crippen LogP contribution < -0.4 is 0 Å². The number of hydrogen-bond acceptors (Lipinski definition) is 0. The van der Waals surface area contributed by atoms with Gasteiger partial charge in [-0.05, 0) is 29.5 Å². The zero-order valence-corrected chi connectivity index (χ0v) is 16.2. The van der Waals surface area contributed by atoms with E-state index in [9.17, 15) is 0 Å². The van der Waals surface area contributed by atoms with Gasteiger partial charge in [0.25, 0.3) is 0 Å². The van der Waals surface area contributed by atoms with Crippen LogP contribution in [0.1, 0.15) is 41.5 Å². The highest BCUT2D eigenvalue weighted by Gasteiger charge is 2.17. The molecule has 0 saturated carbocycles. The van der Waals surface area contributed by atoms with Crippen LogP contribution in [0.3, 0.4) is 0 Å². The van der Waals surface area contributed by atoms with E-state index >= 15 is 0 Å². The van der Waals surface area contributed by atoms with E-state index in [2.05, 4.69) is 41.5 Å². The Hall–Kier alpha value is 1.82. The molecule has 0 spiro atoms. The van der Waals surface area contributed by atoms with E-state index in [1.807, 2.05) is 0 Å². The summed E-state index contributed by atoms with van der Waals surface area (Å²) in [4.78, 5) is 0. The fourth-order valence-electron chi connectivity index (χ4n) is 1.49.